The van der Waals surface area contributed by atoms with Crippen LogP contribution in [0.15, 0.2) is 24.3 Å². The number of carbonyl (C=O) groups excluding carboxylic acids is 1. The average molecular weight is 251 g/mol. The summed E-state index contributed by atoms with van der Waals surface area (Å²) in [6.07, 6.45) is 0.813. The second kappa shape index (κ2) is 6.40. The Hall–Kier alpha value is -1.55. The highest BCUT2D eigenvalue weighted by molar-refractivity contribution is 5.90. The van der Waals surface area contributed by atoms with Crippen molar-refractivity contribution in [2.24, 2.45) is 0 Å². The van der Waals surface area contributed by atoms with Gasteiger partial charge in [-0.3, -0.25) is 4.79 Å². The largest absolute Gasteiger partial charge is 0.488 e. The van der Waals surface area contributed by atoms with Crippen LogP contribution in [0.2, 0.25) is 0 Å². The Morgan fingerprint density at radius 1 is 1.28 bits per heavy atom. The summed E-state index contributed by atoms with van der Waals surface area (Å²) in [5, 5.41) is 11.4. The number of carbonyl (C=O) groups is 1. The molecule has 0 saturated heterocycles. The number of aliphatic hydroxyl groups is 1. The zero-order chi connectivity index (χ0) is 13.6. The maximum atomic E-state index is 11.4. The lowest BCUT2D eigenvalue weighted by Crippen LogP contribution is -2.22. The molecule has 0 aromatic heterocycles. The van der Waals surface area contributed by atoms with Crippen molar-refractivity contribution in [1.82, 2.24) is 0 Å². The van der Waals surface area contributed by atoms with Crippen molar-refractivity contribution in [3.05, 3.63) is 24.3 Å². The molecule has 0 saturated carbocycles. The summed E-state index contributed by atoms with van der Waals surface area (Å²) in [5.74, 6) is 0.685. The van der Waals surface area contributed by atoms with E-state index in [1.165, 1.54) is 0 Å². The fourth-order valence-electron chi connectivity index (χ4n) is 1.42. The molecule has 0 aliphatic rings. The molecule has 0 spiro atoms. The Morgan fingerprint density at radius 3 is 2.39 bits per heavy atom. The summed E-state index contributed by atoms with van der Waals surface area (Å²) in [7, 11) is 0. The fraction of sp³-hybridized carbons (Fsp3) is 0.500. The number of anilines is 1. The molecule has 4 heteroatoms. The third-order valence-electron chi connectivity index (χ3n) is 2.12. The van der Waals surface area contributed by atoms with E-state index in [1.54, 1.807) is 12.1 Å². The van der Waals surface area contributed by atoms with Crippen molar-refractivity contribution in [2.45, 2.75) is 39.2 Å². The normalized spacial score (nSPS) is 11.1. The Bertz CT molecular complexity index is 379. The standard InChI is InChI=1S/C14H21NO3/c1-14(2,3)18-12-8-6-11(7-9-12)15-13(17)5-4-10-16/h6-9,16H,4-5,10H2,1-3H3,(H,15,17). The molecule has 0 aliphatic carbocycles. The van der Waals surface area contributed by atoms with Crippen molar-refractivity contribution >= 4 is 11.6 Å². The smallest absolute Gasteiger partial charge is 0.224 e. The Labute approximate surface area is 108 Å². The lowest BCUT2D eigenvalue weighted by atomic mass is 10.2. The van der Waals surface area contributed by atoms with Crippen LogP contribution in [0.1, 0.15) is 33.6 Å². The molecule has 2 N–H and O–H groups in total. The maximum Gasteiger partial charge on any atom is 0.224 e. The highest BCUT2D eigenvalue weighted by Gasteiger charge is 2.11. The van der Waals surface area contributed by atoms with Gasteiger partial charge in [-0.25, -0.2) is 0 Å². The van der Waals surface area contributed by atoms with Crippen molar-refractivity contribution < 1.29 is 14.6 Å². The van der Waals surface area contributed by atoms with Gasteiger partial charge in [0.1, 0.15) is 11.4 Å². The van der Waals surface area contributed by atoms with Crippen LogP contribution in [0, 0.1) is 0 Å². The molecule has 0 unspecified atom stereocenters. The van der Waals surface area contributed by atoms with Gasteiger partial charge in [-0.15, -0.1) is 0 Å². The molecule has 1 amide bonds. The van der Waals surface area contributed by atoms with E-state index in [9.17, 15) is 4.79 Å². The number of hydrogen-bond donors (Lipinski definition) is 2. The van der Waals surface area contributed by atoms with E-state index in [1.807, 2.05) is 32.9 Å². The highest BCUT2D eigenvalue weighted by Crippen LogP contribution is 2.20. The molecule has 1 rings (SSSR count). The molecule has 0 heterocycles. The van der Waals surface area contributed by atoms with Crippen molar-refractivity contribution in [3.8, 4) is 5.75 Å². The monoisotopic (exact) mass is 251 g/mol. The molecular formula is C14H21NO3. The predicted octanol–water partition coefficient (Wildman–Crippen LogP) is 2.57. The summed E-state index contributed by atoms with van der Waals surface area (Å²) in [5.41, 5.74) is 0.505. The van der Waals surface area contributed by atoms with Crippen molar-refractivity contribution in [1.29, 1.82) is 0 Å². The van der Waals surface area contributed by atoms with Crippen LogP contribution in [0.4, 0.5) is 5.69 Å². The first-order valence-electron chi connectivity index (χ1n) is 6.10. The van der Waals surface area contributed by atoms with Crippen LogP contribution in [0.25, 0.3) is 0 Å². The van der Waals surface area contributed by atoms with Gasteiger partial charge in [-0.1, -0.05) is 0 Å². The number of rotatable bonds is 5. The lowest BCUT2D eigenvalue weighted by molar-refractivity contribution is -0.116. The van der Waals surface area contributed by atoms with E-state index >= 15 is 0 Å². The molecule has 1 aromatic rings. The Morgan fingerprint density at radius 2 is 1.89 bits per heavy atom. The van der Waals surface area contributed by atoms with E-state index in [0.717, 1.165) is 11.4 Å². The molecule has 0 radical (unpaired) electrons. The van der Waals surface area contributed by atoms with Gasteiger partial charge < -0.3 is 15.2 Å². The van der Waals surface area contributed by atoms with Gasteiger partial charge in [0.15, 0.2) is 0 Å². The molecular weight excluding hydrogens is 230 g/mol. The Balaban J connectivity index is 2.52. The quantitative estimate of drug-likeness (QED) is 0.845. The van der Waals surface area contributed by atoms with Crippen molar-refractivity contribution in [2.75, 3.05) is 11.9 Å². The van der Waals surface area contributed by atoms with E-state index in [4.69, 9.17) is 9.84 Å². The van der Waals surface area contributed by atoms with Gasteiger partial charge in [-0.2, -0.15) is 0 Å². The molecule has 4 nitrogen and oxygen atoms in total. The van der Waals surface area contributed by atoms with Crippen molar-refractivity contribution in [3.63, 3.8) is 0 Å². The average Bonchev–Trinajstić information content (AvgIpc) is 2.27. The summed E-state index contributed by atoms with van der Waals surface area (Å²) < 4.78 is 5.68. The summed E-state index contributed by atoms with van der Waals surface area (Å²) >= 11 is 0. The zero-order valence-corrected chi connectivity index (χ0v) is 11.2. The fourth-order valence-corrected chi connectivity index (χ4v) is 1.42. The van der Waals surface area contributed by atoms with Crippen LogP contribution < -0.4 is 10.1 Å². The van der Waals surface area contributed by atoms with Crippen LogP contribution >= 0.6 is 0 Å². The number of amides is 1. The molecule has 0 bridgehead atoms. The highest BCUT2D eigenvalue weighted by atomic mass is 16.5. The topological polar surface area (TPSA) is 58.6 Å². The maximum absolute atomic E-state index is 11.4. The van der Waals surface area contributed by atoms with E-state index < -0.39 is 0 Å². The van der Waals surface area contributed by atoms with E-state index in [-0.39, 0.29) is 18.1 Å². The summed E-state index contributed by atoms with van der Waals surface area (Å²) in [6.45, 7) is 5.98. The minimum atomic E-state index is -0.230. The number of hydrogen-bond acceptors (Lipinski definition) is 3. The first-order valence-corrected chi connectivity index (χ1v) is 6.10. The van der Waals surface area contributed by atoms with E-state index in [0.29, 0.717) is 12.8 Å². The first kappa shape index (κ1) is 14.5. The van der Waals surface area contributed by atoms with Gasteiger partial charge >= 0.3 is 0 Å². The van der Waals surface area contributed by atoms with Gasteiger partial charge in [0.25, 0.3) is 0 Å². The molecule has 1 aromatic carbocycles. The van der Waals surface area contributed by atoms with Crippen LogP contribution in [-0.4, -0.2) is 23.2 Å². The number of ether oxygens (including phenoxy) is 1. The minimum absolute atomic E-state index is 0.0335. The van der Waals surface area contributed by atoms with Crippen LogP contribution in [-0.2, 0) is 4.79 Å². The second-order valence-electron chi connectivity index (χ2n) is 5.11. The van der Waals surface area contributed by atoms with Gasteiger partial charge in [0.05, 0.1) is 0 Å². The SMILES string of the molecule is CC(C)(C)Oc1ccc(NC(=O)CCCO)cc1. The Kier molecular flexibility index (Phi) is 5.16. The van der Waals surface area contributed by atoms with Gasteiger partial charge in [-0.05, 0) is 51.5 Å². The third kappa shape index (κ3) is 5.68. The minimum Gasteiger partial charge on any atom is -0.488 e. The lowest BCUT2D eigenvalue weighted by Gasteiger charge is -2.21. The summed E-state index contributed by atoms with van der Waals surface area (Å²) in [4.78, 5) is 11.4. The molecule has 0 aliphatic heterocycles. The van der Waals surface area contributed by atoms with Gasteiger partial charge in [0, 0.05) is 18.7 Å². The zero-order valence-electron chi connectivity index (χ0n) is 11.2. The predicted molar refractivity (Wildman–Crippen MR) is 71.8 cm³/mol. The number of aliphatic hydroxyl groups excluding tert-OH is 1. The first-order chi connectivity index (χ1) is 8.40. The number of nitrogens with one attached hydrogen (secondary N) is 1. The van der Waals surface area contributed by atoms with E-state index in [2.05, 4.69) is 5.32 Å². The number of benzene rings is 1. The van der Waals surface area contributed by atoms with Crippen LogP contribution in [0.3, 0.4) is 0 Å². The molecule has 100 valence electrons. The summed E-state index contributed by atoms with van der Waals surface area (Å²) in [6, 6.07) is 7.26. The third-order valence-corrected chi connectivity index (χ3v) is 2.12. The second-order valence-corrected chi connectivity index (χ2v) is 5.11. The molecule has 0 fully saturated rings. The van der Waals surface area contributed by atoms with Crippen LogP contribution in [0.5, 0.6) is 5.75 Å². The molecule has 0 atom stereocenters. The molecule has 18 heavy (non-hydrogen) atoms. The van der Waals surface area contributed by atoms with Gasteiger partial charge in [0.2, 0.25) is 5.91 Å².